The van der Waals surface area contributed by atoms with Gasteiger partial charge in [0.2, 0.25) is 0 Å². The number of rotatable bonds is 6. The molecule has 1 aliphatic rings. The molecule has 0 radical (unpaired) electrons. The molecular weight excluding hydrogens is 302 g/mol. The molecule has 1 atom stereocenters. The summed E-state index contributed by atoms with van der Waals surface area (Å²) in [4.78, 5) is 35.8. The van der Waals surface area contributed by atoms with Crippen LogP contribution in [0.4, 0.5) is 0 Å². The maximum atomic E-state index is 12.2. The molecule has 124 valence electrons. The summed E-state index contributed by atoms with van der Waals surface area (Å²) in [7, 11) is 0. The molecular formula is C16H19NO6. The zero-order valence-electron chi connectivity index (χ0n) is 12.9. The monoisotopic (exact) mass is 321 g/mol. The Hall–Kier alpha value is -2.41. The molecule has 1 aliphatic heterocycles. The van der Waals surface area contributed by atoms with Gasteiger partial charge in [-0.05, 0) is 31.2 Å². The van der Waals surface area contributed by atoms with Gasteiger partial charge in [0.1, 0.15) is 5.75 Å². The van der Waals surface area contributed by atoms with Crippen molar-refractivity contribution in [1.29, 1.82) is 0 Å². The zero-order valence-corrected chi connectivity index (χ0v) is 12.9. The molecule has 1 saturated heterocycles. The number of ether oxygens (including phenoxy) is 2. The molecule has 7 heteroatoms. The number of morpholine rings is 1. The van der Waals surface area contributed by atoms with Crippen molar-refractivity contribution in [3.63, 3.8) is 0 Å². The molecule has 0 saturated carbocycles. The molecule has 1 fully saturated rings. The molecule has 1 aromatic carbocycles. The fraction of sp³-hybridized carbons (Fsp3) is 0.438. The van der Waals surface area contributed by atoms with Crippen LogP contribution >= 0.6 is 0 Å². The second-order valence-corrected chi connectivity index (χ2v) is 5.28. The highest BCUT2D eigenvalue weighted by molar-refractivity contribution is 5.94. The lowest BCUT2D eigenvalue weighted by atomic mass is 10.1. The Kier molecular flexibility index (Phi) is 5.70. The van der Waals surface area contributed by atoms with Crippen LogP contribution < -0.4 is 4.74 Å². The molecule has 23 heavy (non-hydrogen) atoms. The summed E-state index contributed by atoms with van der Waals surface area (Å²) in [5, 5.41) is 8.89. The molecule has 1 heterocycles. The number of nitrogens with zero attached hydrogens (tertiary/aromatic N) is 1. The Morgan fingerprint density at radius 1 is 1.30 bits per heavy atom. The lowest BCUT2D eigenvalue weighted by molar-refractivity contribution is -0.147. The summed E-state index contributed by atoms with van der Waals surface area (Å²) in [6, 6.07) is 6.03. The van der Waals surface area contributed by atoms with Gasteiger partial charge in [0.25, 0.3) is 5.91 Å². The van der Waals surface area contributed by atoms with Crippen LogP contribution in [0.2, 0.25) is 0 Å². The predicted octanol–water partition coefficient (Wildman–Crippen LogP) is 0.970. The Bertz CT molecular complexity index is 583. The van der Waals surface area contributed by atoms with E-state index in [2.05, 4.69) is 0 Å². The second-order valence-electron chi connectivity index (χ2n) is 5.28. The Balaban J connectivity index is 1.92. The number of carboxylic acid groups (broad SMARTS) is 1. The van der Waals surface area contributed by atoms with Gasteiger partial charge in [-0.25, -0.2) is 0 Å². The Morgan fingerprint density at radius 3 is 2.61 bits per heavy atom. The van der Waals surface area contributed by atoms with E-state index in [1.54, 1.807) is 24.3 Å². The average molecular weight is 321 g/mol. The van der Waals surface area contributed by atoms with Gasteiger partial charge in [-0.2, -0.15) is 0 Å². The van der Waals surface area contributed by atoms with Crippen molar-refractivity contribution in [1.82, 2.24) is 4.90 Å². The number of Topliss-reactive ketones (excluding diaryl/α,β-unsaturated/α-hetero) is 1. The smallest absolute Gasteiger partial charge is 0.305 e. The third kappa shape index (κ3) is 4.79. The van der Waals surface area contributed by atoms with Gasteiger partial charge in [-0.15, -0.1) is 0 Å². The number of amides is 1. The number of carbonyl (C=O) groups is 3. The largest absolute Gasteiger partial charge is 0.484 e. The fourth-order valence-electron chi connectivity index (χ4n) is 2.37. The van der Waals surface area contributed by atoms with Crippen LogP contribution in [0.3, 0.4) is 0 Å². The van der Waals surface area contributed by atoms with E-state index >= 15 is 0 Å². The standard InChI is InChI=1S/C16H19NO6/c1-11(18)12-2-4-14(5-3-12)23-10-15(19)17-6-7-22-9-13(17)8-16(20)21/h2-5,13H,6-10H2,1H3,(H,20,21). The van der Waals surface area contributed by atoms with Crippen molar-refractivity contribution in [2.45, 2.75) is 19.4 Å². The van der Waals surface area contributed by atoms with Crippen molar-refractivity contribution < 1.29 is 29.0 Å². The van der Waals surface area contributed by atoms with E-state index in [1.165, 1.54) is 11.8 Å². The van der Waals surface area contributed by atoms with E-state index in [0.29, 0.717) is 24.5 Å². The molecule has 7 nitrogen and oxygen atoms in total. The number of hydrogen-bond donors (Lipinski definition) is 1. The van der Waals surface area contributed by atoms with E-state index in [4.69, 9.17) is 14.6 Å². The van der Waals surface area contributed by atoms with Crippen LogP contribution in [-0.2, 0) is 14.3 Å². The molecule has 1 aromatic rings. The SMILES string of the molecule is CC(=O)c1ccc(OCC(=O)N2CCOCC2CC(=O)O)cc1. The lowest BCUT2D eigenvalue weighted by Gasteiger charge is -2.34. The highest BCUT2D eigenvalue weighted by Gasteiger charge is 2.29. The van der Waals surface area contributed by atoms with Gasteiger partial charge < -0.3 is 19.5 Å². The zero-order chi connectivity index (χ0) is 16.8. The van der Waals surface area contributed by atoms with Crippen LogP contribution in [0.25, 0.3) is 0 Å². The summed E-state index contributed by atoms with van der Waals surface area (Å²) < 4.78 is 10.7. The first-order chi connectivity index (χ1) is 11.0. The number of ketones is 1. The van der Waals surface area contributed by atoms with Gasteiger partial charge >= 0.3 is 5.97 Å². The molecule has 1 N–H and O–H groups in total. The van der Waals surface area contributed by atoms with Crippen molar-refractivity contribution >= 4 is 17.7 Å². The number of hydrogen-bond acceptors (Lipinski definition) is 5. The first-order valence-electron chi connectivity index (χ1n) is 7.30. The van der Waals surface area contributed by atoms with Crippen LogP contribution in [0.15, 0.2) is 24.3 Å². The van der Waals surface area contributed by atoms with E-state index in [1.807, 2.05) is 0 Å². The maximum Gasteiger partial charge on any atom is 0.305 e. The predicted molar refractivity (Wildman–Crippen MR) is 80.5 cm³/mol. The Morgan fingerprint density at radius 2 is 2.00 bits per heavy atom. The summed E-state index contributed by atoms with van der Waals surface area (Å²) in [5.74, 6) is -0.821. The number of aliphatic carboxylic acids is 1. The van der Waals surface area contributed by atoms with Crippen molar-refractivity contribution in [2.75, 3.05) is 26.4 Å². The minimum absolute atomic E-state index is 0.0440. The van der Waals surface area contributed by atoms with E-state index in [-0.39, 0.29) is 31.3 Å². The van der Waals surface area contributed by atoms with Crippen molar-refractivity contribution in [2.24, 2.45) is 0 Å². The van der Waals surface area contributed by atoms with Crippen LogP contribution in [-0.4, -0.2) is 60.1 Å². The first-order valence-corrected chi connectivity index (χ1v) is 7.30. The number of benzene rings is 1. The van der Waals surface area contributed by atoms with E-state index < -0.39 is 12.0 Å². The molecule has 2 rings (SSSR count). The summed E-state index contributed by atoms with van der Waals surface area (Å²) in [5.41, 5.74) is 0.568. The van der Waals surface area contributed by atoms with Gasteiger partial charge in [0.15, 0.2) is 12.4 Å². The fourth-order valence-corrected chi connectivity index (χ4v) is 2.37. The topological polar surface area (TPSA) is 93.1 Å². The summed E-state index contributed by atoms with van der Waals surface area (Å²) in [6.45, 7) is 2.24. The van der Waals surface area contributed by atoms with Gasteiger partial charge in [0, 0.05) is 12.1 Å². The highest BCUT2D eigenvalue weighted by atomic mass is 16.5. The minimum atomic E-state index is -0.973. The summed E-state index contributed by atoms with van der Waals surface area (Å²) in [6.07, 6.45) is -0.154. The van der Waals surface area contributed by atoms with Crippen molar-refractivity contribution in [3.05, 3.63) is 29.8 Å². The number of carboxylic acids is 1. The Labute approximate surface area is 133 Å². The highest BCUT2D eigenvalue weighted by Crippen LogP contribution is 2.15. The second kappa shape index (κ2) is 7.73. The van der Waals surface area contributed by atoms with E-state index in [9.17, 15) is 14.4 Å². The first kappa shape index (κ1) is 17.0. The molecule has 0 bridgehead atoms. The number of carbonyl (C=O) groups excluding carboxylic acids is 2. The quantitative estimate of drug-likeness (QED) is 0.785. The molecule has 1 unspecified atom stereocenters. The maximum absolute atomic E-state index is 12.2. The molecule has 1 amide bonds. The van der Waals surface area contributed by atoms with Crippen LogP contribution in [0.5, 0.6) is 5.75 Å². The summed E-state index contributed by atoms with van der Waals surface area (Å²) >= 11 is 0. The average Bonchev–Trinajstić information content (AvgIpc) is 2.53. The third-order valence-electron chi connectivity index (χ3n) is 3.58. The molecule has 0 spiro atoms. The lowest BCUT2D eigenvalue weighted by Crippen LogP contribution is -2.51. The minimum Gasteiger partial charge on any atom is -0.484 e. The molecule has 0 aromatic heterocycles. The molecule has 0 aliphatic carbocycles. The van der Waals surface area contributed by atoms with E-state index in [0.717, 1.165) is 0 Å². The van der Waals surface area contributed by atoms with Gasteiger partial charge in [-0.3, -0.25) is 14.4 Å². The normalized spacial score (nSPS) is 17.6. The van der Waals surface area contributed by atoms with Crippen LogP contribution in [0.1, 0.15) is 23.7 Å². The van der Waals surface area contributed by atoms with Gasteiger partial charge in [0.05, 0.1) is 25.7 Å². The van der Waals surface area contributed by atoms with Crippen LogP contribution in [0, 0.1) is 0 Å². The van der Waals surface area contributed by atoms with Gasteiger partial charge in [-0.1, -0.05) is 0 Å². The third-order valence-corrected chi connectivity index (χ3v) is 3.58. The van der Waals surface area contributed by atoms with Crippen molar-refractivity contribution in [3.8, 4) is 5.75 Å².